The first-order chi connectivity index (χ1) is 9.66. The second-order valence-corrected chi connectivity index (χ2v) is 4.96. The molecule has 0 fully saturated rings. The van der Waals surface area contributed by atoms with Gasteiger partial charge in [-0.1, -0.05) is 54.1 Å². The van der Waals surface area contributed by atoms with E-state index in [0.29, 0.717) is 10.6 Å². The average Bonchev–Trinajstić information content (AvgIpc) is 2.46. The van der Waals surface area contributed by atoms with Crippen LogP contribution in [0.4, 0.5) is 0 Å². The van der Waals surface area contributed by atoms with Crippen molar-refractivity contribution in [2.24, 2.45) is 0 Å². The average molecular weight is 283 g/mol. The van der Waals surface area contributed by atoms with E-state index in [1.165, 1.54) is 0 Å². The molecule has 0 unspecified atom stereocenters. The van der Waals surface area contributed by atoms with Crippen molar-refractivity contribution in [1.82, 2.24) is 0 Å². The molecule has 0 saturated heterocycles. The van der Waals surface area contributed by atoms with E-state index in [4.69, 9.17) is 11.6 Å². The molecule has 2 nitrogen and oxygen atoms in total. The Balaban J connectivity index is 2.36. The van der Waals surface area contributed by atoms with E-state index in [1.54, 1.807) is 18.2 Å². The highest BCUT2D eigenvalue weighted by Crippen LogP contribution is 2.32. The molecule has 0 amide bonds. The van der Waals surface area contributed by atoms with Gasteiger partial charge < -0.3 is 5.11 Å². The number of carbonyl (C=O) groups is 1. The van der Waals surface area contributed by atoms with Gasteiger partial charge in [0.05, 0.1) is 5.56 Å². The summed E-state index contributed by atoms with van der Waals surface area (Å²) in [4.78, 5) is 11.4. The first-order valence-corrected chi connectivity index (χ1v) is 6.55. The van der Waals surface area contributed by atoms with Gasteiger partial charge in [0.2, 0.25) is 0 Å². The van der Waals surface area contributed by atoms with E-state index in [1.807, 2.05) is 42.5 Å². The van der Waals surface area contributed by atoms with Crippen LogP contribution in [0.1, 0.15) is 10.4 Å². The fraction of sp³-hybridized carbons (Fsp3) is 0. The molecule has 0 heterocycles. The third-order valence-corrected chi connectivity index (χ3v) is 3.53. The molecule has 0 radical (unpaired) electrons. The second kappa shape index (κ2) is 4.99. The van der Waals surface area contributed by atoms with Gasteiger partial charge in [0, 0.05) is 5.02 Å². The molecule has 0 atom stereocenters. The Morgan fingerprint density at radius 3 is 2.45 bits per heavy atom. The number of aromatic carboxylic acids is 1. The number of rotatable bonds is 2. The zero-order valence-electron chi connectivity index (χ0n) is 10.5. The maximum absolute atomic E-state index is 11.4. The van der Waals surface area contributed by atoms with Crippen molar-refractivity contribution in [1.29, 1.82) is 0 Å². The molecule has 3 rings (SSSR count). The van der Waals surface area contributed by atoms with Crippen molar-refractivity contribution in [2.45, 2.75) is 0 Å². The lowest BCUT2D eigenvalue weighted by Crippen LogP contribution is -1.99. The molecule has 98 valence electrons. The highest BCUT2D eigenvalue weighted by atomic mass is 35.5. The SMILES string of the molecule is O=C(O)c1ccc(Cl)cc1-c1cccc2ccccc12. The third kappa shape index (κ3) is 2.15. The molecule has 0 aliphatic heterocycles. The Labute approximate surface area is 121 Å². The van der Waals surface area contributed by atoms with Gasteiger partial charge in [-0.2, -0.15) is 0 Å². The van der Waals surface area contributed by atoms with E-state index >= 15 is 0 Å². The quantitative estimate of drug-likeness (QED) is 0.729. The van der Waals surface area contributed by atoms with Gasteiger partial charge in [-0.3, -0.25) is 0 Å². The zero-order chi connectivity index (χ0) is 14.1. The van der Waals surface area contributed by atoms with E-state index in [2.05, 4.69) is 0 Å². The maximum Gasteiger partial charge on any atom is 0.336 e. The number of carboxylic acid groups (broad SMARTS) is 1. The van der Waals surface area contributed by atoms with Crippen molar-refractivity contribution in [3.05, 3.63) is 71.2 Å². The van der Waals surface area contributed by atoms with Crippen LogP contribution < -0.4 is 0 Å². The van der Waals surface area contributed by atoms with Crippen molar-refractivity contribution in [2.75, 3.05) is 0 Å². The normalized spacial score (nSPS) is 10.7. The Morgan fingerprint density at radius 2 is 1.65 bits per heavy atom. The van der Waals surface area contributed by atoms with Crippen LogP contribution in [0.5, 0.6) is 0 Å². The summed E-state index contributed by atoms with van der Waals surface area (Å²) >= 11 is 6.03. The van der Waals surface area contributed by atoms with Crippen LogP contribution in [0.3, 0.4) is 0 Å². The minimum absolute atomic E-state index is 0.255. The van der Waals surface area contributed by atoms with Gasteiger partial charge in [-0.05, 0) is 40.1 Å². The summed E-state index contributed by atoms with van der Waals surface area (Å²) in [6.45, 7) is 0. The lowest BCUT2D eigenvalue weighted by Gasteiger charge is -2.10. The summed E-state index contributed by atoms with van der Waals surface area (Å²) in [6.07, 6.45) is 0. The highest BCUT2D eigenvalue weighted by Gasteiger charge is 2.14. The van der Waals surface area contributed by atoms with E-state index < -0.39 is 5.97 Å². The number of benzene rings is 3. The Morgan fingerprint density at radius 1 is 0.900 bits per heavy atom. The van der Waals surface area contributed by atoms with Crippen molar-refractivity contribution in [3.63, 3.8) is 0 Å². The predicted octanol–water partition coefficient (Wildman–Crippen LogP) is 4.86. The number of fused-ring (bicyclic) bond motifs is 1. The minimum Gasteiger partial charge on any atom is -0.478 e. The fourth-order valence-electron chi connectivity index (χ4n) is 2.39. The summed E-state index contributed by atoms with van der Waals surface area (Å²) in [5.41, 5.74) is 1.77. The number of halogens is 1. The van der Waals surface area contributed by atoms with Crippen LogP contribution in [0.2, 0.25) is 5.02 Å². The summed E-state index contributed by atoms with van der Waals surface area (Å²) in [5, 5.41) is 12.0. The van der Waals surface area contributed by atoms with Gasteiger partial charge in [0.25, 0.3) is 0 Å². The van der Waals surface area contributed by atoms with E-state index in [9.17, 15) is 9.90 Å². The minimum atomic E-state index is -0.954. The Bertz CT molecular complexity index is 804. The van der Waals surface area contributed by atoms with Crippen LogP contribution in [0.25, 0.3) is 21.9 Å². The first kappa shape index (κ1) is 12.7. The van der Waals surface area contributed by atoms with Gasteiger partial charge >= 0.3 is 5.97 Å². The summed E-state index contributed by atoms with van der Waals surface area (Å²) in [5.74, 6) is -0.954. The number of hydrogen-bond acceptors (Lipinski definition) is 1. The smallest absolute Gasteiger partial charge is 0.336 e. The molecule has 3 aromatic carbocycles. The molecule has 0 spiro atoms. The Kier molecular flexibility index (Phi) is 3.17. The van der Waals surface area contributed by atoms with Crippen molar-refractivity contribution >= 4 is 28.3 Å². The molecule has 0 aromatic heterocycles. The zero-order valence-corrected chi connectivity index (χ0v) is 11.3. The van der Waals surface area contributed by atoms with Gasteiger partial charge in [-0.15, -0.1) is 0 Å². The van der Waals surface area contributed by atoms with Crippen LogP contribution in [0.15, 0.2) is 60.7 Å². The van der Waals surface area contributed by atoms with E-state index in [0.717, 1.165) is 16.3 Å². The van der Waals surface area contributed by atoms with Crippen LogP contribution >= 0.6 is 11.6 Å². The molecular weight excluding hydrogens is 272 g/mol. The first-order valence-electron chi connectivity index (χ1n) is 6.18. The van der Waals surface area contributed by atoms with Gasteiger partial charge in [0.1, 0.15) is 0 Å². The molecule has 0 bridgehead atoms. The summed E-state index contributed by atoms with van der Waals surface area (Å²) in [7, 11) is 0. The van der Waals surface area contributed by atoms with Crippen molar-refractivity contribution in [3.8, 4) is 11.1 Å². The Hall–Kier alpha value is -2.32. The van der Waals surface area contributed by atoms with Gasteiger partial charge in [-0.25, -0.2) is 4.79 Å². The highest BCUT2D eigenvalue weighted by molar-refractivity contribution is 6.31. The largest absolute Gasteiger partial charge is 0.478 e. The summed E-state index contributed by atoms with van der Waals surface area (Å²) < 4.78 is 0. The summed E-state index contributed by atoms with van der Waals surface area (Å²) in [6, 6.07) is 18.6. The molecule has 20 heavy (non-hydrogen) atoms. The molecule has 0 saturated carbocycles. The number of carboxylic acids is 1. The predicted molar refractivity (Wildman–Crippen MR) is 81.4 cm³/mol. The van der Waals surface area contributed by atoms with Crippen LogP contribution in [0, 0.1) is 0 Å². The molecule has 1 N–H and O–H groups in total. The molecule has 0 aliphatic rings. The standard InChI is InChI=1S/C17H11ClO2/c18-12-8-9-15(17(19)20)16(10-12)14-7-3-5-11-4-1-2-6-13(11)14/h1-10H,(H,19,20). The van der Waals surface area contributed by atoms with Crippen LogP contribution in [-0.4, -0.2) is 11.1 Å². The lowest BCUT2D eigenvalue weighted by molar-refractivity contribution is 0.0698. The number of hydrogen-bond donors (Lipinski definition) is 1. The fourth-order valence-corrected chi connectivity index (χ4v) is 2.56. The molecule has 3 aromatic rings. The van der Waals surface area contributed by atoms with Crippen molar-refractivity contribution < 1.29 is 9.90 Å². The maximum atomic E-state index is 11.4. The van der Waals surface area contributed by atoms with Crippen LogP contribution in [-0.2, 0) is 0 Å². The lowest BCUT2D eigenvalue weighted by atomic mass is 9.95. The van der Waals surface area contributed by atoms with Gasteiger partial charge in [0.15, 0.2) is 0 Å². The van der Waals surface area contributed by atoms with E-state index in [-0.39, 0.29) is 5.56 Å². The molecular formula is C17H11ClO2. The second-order valence-electron chi connectivity index (χ2n) is 4.52. The third-order valence-electron chi connectivity index (χ3n) is 3.29. The topological polar surface area (TPSA) is 37.3 Å². The molecule has 3 heteroatoms. The monoisotopic (exact) mass is 282 g/mol. The molecule has 0 aliphatic carbocycles.